The van der Waals surface area contributed by atoms with E-state index in [-0.39, 0.29) is 11.7 Å². The largest absolute Gasteiger partial charge is 0.236 e. The summed E-state index contributed by atoms with van der Waals surface area (Å²) in [5.74, 6) is -0.106. The number of nitrogens with zero attached hydrogens (tertiary/aromatic N) is 1. The molecule has 0 amide bonds. The molecule has 0 saturated carbocycles. The normalized spacial score (nSPS) is 13.0. The van der Waals surface area contributed by atoms with E-state index >= 15 is 0 Å². The summed E-state index contributed by atoms with van der Waals surface area (Å²) in [5.41, 5.74) is 1.34. The van der Waals surface area contributed by atoms with E-state index in [1.54, 1.807) is 6.07 Å². The molecule has 0 bridgehead atoms. The summed E-state index contributed by atoms with van der Waals surface area (Å²) in [6.45, 7) is 4.11. The van der Waals surface area contributed by atoms with Gasteiger partial charge < -0.3 is 0 Å². The van der Waals surface area contributed by atoms with E-state index in [4.69, 9.17) is 23.2 Å². The van der Waals surface area contributed by atoms with Gasteiger partial charge in [-0.05, 0) is 24.5 Å². The minimum Gasteiger partial charge on any atom is -0.236 e. The monoisotopic (exact) mass is 271 g/mol. The van der Waals surface area contributed by atoms with Gasteiger partial charge in [-0.25, -0.2) is 9.37 Å². The van der Waals surface area contributed by atoms with Crippen molar-refractivity contribution in [2.24, 2.45) is 0 Å². The predicted octanol–water partition coefficient (Wildman–Crippen LogP) is 5.19. The second-order valence-electron chi connectivity index (χ2n) is 4.10. The summed E-state index contributed by atoms with van der Waals surface area (Å²) in [4.78, 5) is 4.21. The number of hydrogen-bond donors (Lipinski definition) is 0. The summed E-state index contributed by atoms with van der Waals surface area (Å²) in [6.07, 6.45) is 0.924. The molecule has 0 saturated heterocycles. The van der Waals surface area contributed by atoms with Crippen LogP contribution >= 0.6 is 23.2 Å². The molecule has 0 fully saturated rings. The van der Waals surface area contributed by atoms with Crippen molar-refractivity contribution in [3.8, 4) is 0 Å². The van der Waals surface area contributed by atoms with Crippen molar-refractivity contribution in [1.29, 1.82) is 0 Å². The van der Waals surface area contributed by atoms with Crippen LogP contribution in [0.4, 0.5) is 4.39 Å². The Morgan fingerprint density at radius 3 is 2.71 bits per heavy atom. The maximum atomic E-state index is 13.1. The third-order valence-electron chi connectivity index (χ3n) is 2.98. The lowest BCUT2D eigenvalue weighted by molar-refractivity contribution is 0.629. The highest BCUT2D eigenvalue weighted by molar-refractivity contribution is 6.39. The number of halogens is 3. The molecule has 17 heavy (non-hydrogen) atoms. The van der Waals surface area contributed by atoms with E-state index in [1.807, 2.05) is 6.92 Å². The zero-order valence-electron chi connectivity index (χ0n) is 9.60. The maximum absolute atomic E-state index is 13.1. The fourth-order valence-corrected chi connectivity index (χ4v) is 2.66. The maximum Gasteiger partial charge on any atom is 0.134 e. The van der Waals surface area contributed by atoms with Crippen LogP contribution < -0.4 is 0 Å². The molecule has 1 aromatic heterocycles. The van der Waals surface area contributed by atoms with Crippen molar-refractivity contribution in [3.63, 3.8) is 0 Å². The Labute approximate surface area is 110 Å². The number of rotatable bonds is 2. The summed E-state index contributed by atoms with van der Waals surface area (Å²) in [5, 5.41) is 1.68. The molecule has 1 atom stereocenters. The first-order valence-electron chi connectivity index (χ1n) is 5.48. The van der Waals surface area contributed by atoms with Crippen LogP contribution in [0.1, 0.15) is 31.7 Å². The molecule has 0 aliphatic carbocycles. The van der Waals surface area contributed by atoms with E-state index < -0.39 is 0 Å². The molecule has 2 rings (SSSR count). The number of benzene rings is 1. The molecule has 4 heteroatoms. The highest BCUT2D eigenvalue weighted by atomic mass is 35.5. The van der Waals surface area contributed by atoms with Crippen LogP contribution in [0.15, 0.2) is 18.2 Å². The van der Waals surface area contributed by atoms with E-state index in [1.165, 1.54) is 12.1 Å². The van der Waals surface area contributed by atoms with E-state index in [2.05, 4.69) is 11.9 Å². The predicted molar refractivity (Wildman–Crippen MR) is 70.4 cm³/mol. The van der Waals surface area contributed by atoms with Gasteiger partial charge in [0.15, 0.2) is 0 Å². The Kier molecular flexibility index (Phi) is 3.55. The molecule has 0 aliphatic heterocycles. The first-order valence-corrected chi connectivity index (χ1v) is 6.24. The van der Waals surface area contributed by atoms with Gasteiger partial charge in [0.1, 0.15) is 11.0 Å². The highest BCUT2D eigenvalue weighted by Crippen LogP contribution is 2.36. The van der Waals surface area contributed by atoms with Gasteiger partial charge in [0, 0.05) is 17.0 Å². The Hall–Kier alpha value is -0.860. The highest BCUT2D eigenvalue weighted by Gasteiger charge is 2.17. The molecule has 90 valence electrons. The molecular weight excluding hydrogens is 260 g/mol. The van der Waals surface area contributed by atoms with E-state index in [0.29, 0.717) is 15.7 Å². The van der Waals surface area contributed by atoms with Gasteiger partial charge in [-0.15, -0.1) is 0 Å². The lowest BCUT2D eigenvalue weighted by Gasteiger charge is -2.14. The van der Waals surface area contributed by atoms with E-state index in [0.717, 1.165) is 17.4 Å². The second kappa shape index (κ2) is 4.79. The van der Waals surface area contributed by atoms with Gasteiger partial charge >= 0.3 is 0 Å². The molecular formula is C13H12Cl2FN. The van der Waals surface area contributed by atoms with Crippen molar-refractivity contribution in [3.05, 3.63) is 39.8 Å². The first-order chi connectivity index (χ1) is 8.04. The number of aromatic nitrogens is 1. The third kappa shape index (κ3) is 2.24. The van der Waals surface area contributed by atoms with Gasteiger partial charge in [0.05, 0.1) is 10.5 Å². The minimum absolute atomic E-state index is 0.233. The second-order valence-corrected chi connectivity index (χ2v) is 4.84. The van der Waals surface area contributed by atoms with Crippen LogP contribution in [0.5, 0.6) is 0 Å². The van der Waals surface area contributed by atoms with Gasteiger partial charge in [0.2, 0.25) is 0 Å². The Morgan fingerprint density at radius 1 is 1.35 bits per heavy atom. The number of pyridine rings is 1. The topological polar surface area (TPSA) is 12.9 Å². The zero-order valence-corrected chi connectivity index (χ0v) is 11.1. The molecule has 1 unspecified atom stereocenters. The standard InChI is InChI=1S/C13H12Cl2FN/c1-3-7(2)11-12(14)9-5-4-8(16)6-10(9)17-13(11)15/h4-7H,3H2,1-2H3. The van der Waals surface area contributed by atoms with Gasteiger partial charge in [-0.1, -0.05) is 37.0 Å². The van der Waals surface area contributed by atoms with Crippen LogP contribution in [0.25, 0.3) is 10.9 Å². The number of hydrogen-bond acceptors (Lipinski definition) is 1. The lowest BCUT2D eigenvalue weighted by Crippen LogP contribution is -1.98. The van der Waals surface area contributed by atoms with Crippen LogP contribution in [0, 0.1) is 5.82 Å². The molecule has 0 aliphatic rings. The Balaban J connectivity index is 2.76. The first kappa shape index (κ1) is 12.6. The van der Waals surface area contributed by atoms with Crippen LogP contribution in [-0.4, -0.2) is 4.98 Å². The van der Waals surface area contributed by atoms with Crippen LogP contribution in [0.2, 0.25) is 10.2 Å². The summed E-state index contributed by atoms with van der Waals surface area (Å²) in [7, 11) is 0. The summed E-state index contributed by atoms with van der Waals surface area (Å²) in [6, 6.07) is 4.36. The van der Waals surface area contributed by atoms with Crippen molar-refractivity contribution >= 4 is 34.1 Å². The Morgan fingerprint density at radius 2 is 2.06 bits per heavy atom. The number of fused-ring (bicyclic) bond motifs is 1. The summed E-state index contributed by atoms with van der Waals surface area (Å²) >= 11 is 12.4. The zero-order chi connectivity index (χ0) is 12.6. The fourth-order valence-electron chi connectivity index (χ4n) is 1.81. The van der Waals surface area contributed by atoms with Crippen molar-refractivity contribution < 1.29 is 4.39 Å². The molecule has 1 aromatic carbocycles. The van der Waals surface area contributed by atoms with Gasteiger partial charge in [-0.2, -0.15) is 0 Å². The lowest BCUT2D eigenvalue weighted by atomic mass is 9.98. The Bertz CT molecular complexity index is 569. The molecule has 0 radical (unpaired) electrons. The average molecular weight is 272 g/mol. The fraction of sp³-hybridized carbons (Fsp3) is 0.308. The van der Waals surface area contributed by atoms with Crippen molar-refractivity contribution in [1.82, 2.24) is 4.98 Å². The SMILES string of the molecule is CCC(C)c1c(Cl)nc2cc(F)ccc2c1Cl. The average Bonchev–Trinajstić information content (AvgIpc) is 2.28. The molecule has 0 N–H and O–H groups in total. The third-order valence-corrected chi connectivity index (χ3v) is 3.67. The smallest absolute Gasteiger partial charge is 0.134 e. The summed E-state index contributed by atoms with van der Waals surface area (Å²) < 4.78 is 13.1. The molecule has 1 nitrogen and oxygen atoms in total. The molecule has 2 aromatic rings. The van der Waals surface area contributed by atoms with Crippen molar-refractivity contribution in [2.75, 3.05) is 0 Å². The van der Waals surface area contributed by atoms with Gasteiger partial charge in [-0.3, -0.25) is 0 Å². The molecule has 1 heterocycles. The van der Waals surface area contributed by atoms with Crippen LogP contribution in [-0.2, 0) is 0 Å². The van der Waals surface area contributed by atoms with E-state index in [9.17, 15) is 4.39 Å². The minimum atomic E-state index is -0.339. The quantitative estimate of drug-likeness (QED) is 0.685. The van der Waals surface area contributed by atoms with Crippen LogP contribution in [0.3, 0.4) is 0 Å². The molecule has 0 spiro atoms. The van der Waals surface area contributed by atoms with Crippen molar-refractivity contribution in [2.45, 2.75) is 26.2 Å². The van der Waals surface area contributed by atoms with Gasteiger partial charge in [0.25, 0.3) is 0 Å².